The largest absolute Gasteiger partial charge is 0.497 e. The second-order valence-corrected chi connectivity index (χ2v) is 5.69. The summed E-state index contributed by atoms with van der Waals surface area (Å²) >= 11 is 0. The van der Waals surface area contributed by atoms with Gasteiger partial charge in [-0.1, -0.05) is 12.1 Å². The number of benzene rings is 1. The van der Waals surface area contributed by atoms with Gasteiger partial charge in [0, 0.05) is 6.42 Å². The monoisotopic (exact) mass is 354 g/mol. The van der Waals surface area contributed by atoms with Crippen LogP contribution in [0.1, 0.15) is 23.6 Å². The first-order chi connectivity index (χ1) is 12.6. The van der Waals surface area contributed by atoms with Crippen molar-refractivity contribution in [2.24, 2.45) is 4.99 Å². The zero-order chi connectivity index (χ0) is 18.3. The number of aromatic amines is 2. The van der Waals surface area contributed by atoms with Gasteiger partial charge < -0.3 is 9.84 Å². The van der Waals surface area contributed by atoms with Gasteiger partial charge in [-0.25, -0.2) is 14.5 Å². The van der Waals surface area contributed by atoms with Crippen molar-refractivity contribution >= 4 is 11.7 Å². The summed E-state index contributed by atoms with van der Waals surface area (Å²) < 4.78 is 6.81. The lowest BCUT2D eigenvalue weighted by molar-refractivity contribution is 0.414. The van der Waals surface area contributed by atoms with Gasteiger partial charge in [-0.3, -0.25) is 14.8 Å². The fourth-order valence-electron chi connectivity index (χ4n) is 2.97. The minimum absolute atomic E-state index is 0.0858. The number of ether oxygens (including phenoxy) is 1. The Labute approximate surface area is 145 Å². The third-order valence-electron chi connectivity index (χ3n) is 4.18. The molecule has 3 aromatic rings. The first-order valence-corrected chi connectivity index (χ1v) is 7.74. The summed E-state index contributed by atoms with van der Waals surface area (Å²) in [6.45, 7) is 0. The fraction of sp³-hybridized carbons (Fsp3) is 0.188. The van der Waals surface area contributed by atoms with Crippen molar-refractivity contribution in [3.05, 3.63) is 62.6 Å². The molecule has 1 atom stereocenters. The fourth-order valence-corrected chi connectivity index (χ4v) is 2.97. The highest BCUT2D eigenvalue weighted by molar-refractivity contribution is 6.04. The Balaban J connectivity index is 1.82. The standard InChI is InChI=1S/C16H14N6O4/c1-26-9-4-2-8(3-5-9)11-6-10(19-15-17-7-18-22(11)15)12-13(23)20-16(25)21-14(12)24/h2-5,7,11H,6H2,1H3,(H3,20,21,23,24,25). The van der Waals surface area contributed by atoms with E-state index in [-0.39, 0.29) is 18.0 Å². The summed E-state index contributed by atoms with van der Waals surface area (Å²) in [7, 11) is 1.58. The second kappa shape index (κ2) is 5.99. The summed E-state index contributed by atoms with van der Waals surface area (Å²) in [5, 5.41) is 14.2. The number of H-pyrrole nitrogens is 2. The van der Waals surface area contributed by atoms with Crippen LogP contribution < -0.4 is 16.0 Å². The molecular weight excluding hydrogens is 340 g/mol. The Morgan fingerprint density at radius 2 is 2.00 bits per heavy atom. The van der Waals surface area contributed by atoms with Crippen LogP contribution in [0.15, 0.2) is 45.2 Å². The number of hydrogen-bond acceptors (Lipinski definition) is 7. The van der Waals surface area contributed by atoms with E-state index < -0.39 is 17.1 Å². The van der Waals surface area contributed by atoms with Gasteiger partial charge in [-0.05, 0) is 17.7 Å². The summed E-state index contributed by atoms with van der Waals surface area (Å²) in [6.07, 6.45) is 1.65. The molecule has 0 radical (unpaired) electrons. The Morgan fingerprint density at radius 3 is 2.69 bits per heavy atom. The predicted molar refractivity (Wildman–Crippen MR) is 91.3 cm³/mol. The molecule has 0 bridgehead atoms. The van der Waals surface area contributed by atoms with Gasteiger partial charge in [0.05, 0.1) is 18.9 Å². The maximum Gasteiger partial charge on any atom is 0.328 e. The van der Waals surface area contributed by atoms with Crippen LogP contribution in [0.4, 0.5) is 5.95 Å². The lowest BCUT2D eigenvalue weighted by atomic mass is 9.97. The number of methoxy groups -OCH3 is 1. The predicted octanol–water partition coefficient (Wildman–Crippen LogP) is 0.483. The number of fused-ring (bicyclic) bond motifs is 1. The molecule has 0 spiro atoms. The van der Waals surface area contributed by atoms with Gasteiger partial charge in [-0.2, -0.15) is 10.1 Å². The molecule has 1 aromatic carbocycles. The van der Waals surface area contributed by atoms with Crippen LogP contribution in [0.2, 0.25) is 0 Å². The van der Waals surface area contributed by atoms with Crippen LogP contribution in [-0.4, -0.2) is 42.7 Å². The molecule has 4 rings (SSSR count). The van der Waals surface area contributed by atoms with E-state index in [1.54, 1.807) is 11.8 Å². The van der Waals surface area contributed by atoms with Crippen LogP contribution in [0.3, 0.4) is 0 Å². The lowest BCUT2D eigenvalue weighted by Gasteiger charge is -2.23. The highest BCUT2D eigenvalue weighted by Crippen LogP contribution is 2.33. The molecule has 132 valence electrons. The van der Waals surface area contributed by atoms with Crippen LogP contribution in [-0.2, 0) is 0 Å². The van der Waals surface area contributed by atoms with Crippen molar-refractivity contribution in [1.29, 1.82) is 0 Å². The van der Waals surface area contributed by atoms with E-state index in [0.29, 0.717) is 17.4 Å². The highest BCUT2D eigenvalue weighted by Gasteiger charge is 2.29. The molecule has 3 N–H and O–H groups in total. The first-order valence-electron chi connectivity index (χ1n) is 7.74. The van der Waals surface area contributed by atoms with E-state index in [1.165, 1.54) is 6.33 Å². The average molecular weight is 354 g/mol. The summed E-state index contributed by atoms with van der Waals surface area (Å²) in [5.41, 5.74) is -0.377. The van der Waals surface area contributed by atoms with Crippen LogP contribution >= 0.6 is 0 Å². The van der Waals surface area contributed by atoms with Crippen LogP contribution in [0, 0.1) is 0 Å². The third-order valence-corrected chi connectivity index (χ3v) is 4.18. The Morgan fingerprint density at radius 1 is 1.23 bits per heavy atom. The Hall–Kier alpha value is -3.69. The second-order valence-electron chi connectivity index (χ2n) is 5.69. The van der Waals surface area contributed by atoms with Crippen LogP contribution in [0.5, 0.6) is 11.6 Å². The molecule has 2 aromatic heterocycles. The molecule has 0 amide bonds. The minimum Gasteiger partial charge on any atom is -0.497 e. The molecule has 0 saturated heterocycles. The Kier molecular flexibility index (Phi) is 3.64. The van der Waals surface area contributed by atoms with Crippen molar-refractivity contribution in [3.8, 4) is 11.6 Å². The minimum atomic E-state index is -0.789. The third kappa shape index (κ3) is 2.57. The zero-order valence-electron chi connectivity index (χ0n) is 13.6. The molecule has 1 unspecified atom stereocenters. The van der Waals surface area contributed by atoms with Gasteiger partial charge in [0.15, 0.2) is 0 Å². The van der Waals surface area contributed by atoms with Crippen LogP contribution in [0.25, 0.3) is 0 Å². The topological polar surface area (TPSA) is 138 Å². The molecule has 10 heteroatoms. The van der Waals surface area contributed by atoms with Gasteiger partial charge in [-0.15, -0.1) is 0 Å². The summed E-state index contributed by atoms with van der Waals surface area (Å²) in [4.78, 5) is 36.1. The van der Waals surface area contributed by atoms with E-state index in [1.807, 2.05) is 24.3 Å². The average Bonchev–Trinajstić information content (AvgIpc) is 3.09. The number of nitrogens with zero attached hydrogens (tertiary/aromatic N) is 4. The van der Waals surface area contributed by atoms with E-state index in [4.69, 9.17) is 4.74 Å². The number of nitrogens with one attached hydrogen (secondary N) is 2. The molecule has 0 aliphatic carbocycles. The smallest absolute Gasteiger partial charge is 0.328 e. The van der Waals surface area contributed by atoms with Crippen molar-refractivity contribution < 1.29 is 9.84 Å². The van der Waals surface area contributed by atoms with Crippen molar-refractivity contribution in [3.63, 3.8) is 0 Å². The molecule has 3 heterocycles. The molecule has 26 heavy (non-hydrogen) atoms. The van der Waals surface area contributed by atoms with Gasteiger partial charge in [0.25, 0.3) is 5.56 Å². The number of aromatic nitrogens is 5. The maximum absolute atomic E-state index is 12.2. The van der Waals surface area contributed by atoms with E-state index in [2.05, 4.69) is 25.0 Å². The first kappa shape index (κ1) is 15.8. The SMILES string of the molecule is COc1ccc(C2CC(c3c(O)[nH]c(=O)[nH]c3=O)=Nc3ncnn32)cc1. The normalized spacial score (nSPS) is 16.0. The molecule has 1 aliphatic heterocycles. The number of rotatable bonds is 3. The lowest BCUT2D eigenvalue weighted by Crippen LogP contribution is -2.30. The number of aromatic hydroxyl groups is 1. The van der Waals surface area contributed by atoms with E-state index >= 15 is 0 Å². The molecule has 0 fully saturated rings. The molecule has 10 nitrogen and oxygen atoms in total. The number of aliphatic imine (C=N–C) groups is 1. The quantitative estimate of drug-likeness (QED) is 0.625. The molecular formula is C16H14N6O4. The van der Waals surface area contributed by atoms with Crippen molar-refractivity contribution in [2.45, 2.75) is 12.5 Å². The van der Waals surface area contributed by atoms with Gasteiger partial charge >= 0.3 is 5.69 Å². The summed E-state index contributed by atoms with van der Waals surface area (Å²) in [5.74, 6) is 0.489. The van der Waals surface area contributed by atoms with Crippen molar-refractivity contribution in [2.75, 3.05) is 7.11 Å². The highest BCUT2D eigenvalue weighted by atomic mass is 16.5. The van der Waals surface area contributed by atoms with E-state index in [0.717, 1.165) is 5.56 Å². The van der Waals surface area contributed by atoms with E-state index in [9.17, 15) is 14.7 Å². The molecule has 1 aliphatic rings. The zero-order valence-corrected chi connectivity index (χ0v) is 13.6. The van der Waals surface area contributed by atoms with Gasteiger partial charge in [0.2, 0.25) is 11.8 Å². The van der Waals surface area contributed by atoms with Crippen molar-refractivity contribution in [1.82, 2.24) is 24.7 Å². The summed E-state index contributed by atoms with van der Waals surface area (Å²) in [6, 6.07) is 7.13. The molecule has 0 saturated carbocycles. The number of hydrogen-bond donors (Lipinski definition) is 3. The Bertz CT molecular complexity index is 1110. The van der Waals surface area contributed by atoms with Gasteiger partial charge in [0.1, 0.15) is 17.6 Å². The maximum atomic E-state index is 12.2.